The van der Waals surface area contributed by atoms with E-state index in [0.717, 1.165) is 5.69 Å². The molecule has 0 fully saturated rings. The lowest BCUT2D eigenvalue weighted by molar-refractivity contribution is 0.103. The molecule has 0 unspecified atom stereocenters. The highest BCUT2D eigenvalue weighted by Gasteiger charge is 2.14. The second-order valence-corrected chi connectivity index (χ2v) is 7.62. The van der Waals surface area contributed by atoms with Crippen LogP contribution in [0.1, 0.15) is 27.0 Å². The molecule has 4 aromatic carbocycles. The molecule has 0 saturated heterocycles. The second-order valence-electron chi connectivity index (χ2n) is 7.62. The number of fused-ring (bicyclic) bond motifs is 3. The third-order valence-electron chi connectivity index (χ3n) is 5.50. The van der Waals surface area contributed by atoms with Gasteiger partial charge >= 0.3 is 0 Å². The van der Waals surface area contributed by atoms with Crippen LogP contribution in [0.4, 0.5) is 0 Å². The number of nitrogens with zero attached hydrogens (tertiary/aromatic N) is 1. The van der Waals surface area contributed by atoms with Crippen molar-refractivity contribution in [1.82, 2.24) is 4.57 Å². The second kappa shape index (κ2) is 6.75. The van der Waals surface area contributed by atoms with Gasteiger partial charge in [0.1, 0.15) is 0 Å². The Kier molecular flexibility index (Phi) is 4.06. The molecule has 0 aliphatic rings. The van der Waals surface area contributed by atoms with E-state index in [2.05, 4.69) is 54.8 Å². The van der Waals surface area contributed by atoms with Gasteiger partial charge in [-0.3, -0.25) is 4.79 Å². The van der Waals surface area contributed by atoms with E-state index >= 15 is 0 Å². The van der Waals surface area contributed by atoms with E-state index in [4.69, 9.17) is 0 Å². The normalized spacial score (nSPS) is 11.2. The molecule has 5 aromatic rings. The number of carbonyl (C=O) groups is 1. The first kappa shape index (κ1) is 17.4. The third-order valence-corrected chi connectivity index (χ3v) is 5.50. The molecule has 29 heavy (non-hydrogen) atoms. The minimum Gasteiger partial charge on any atom is -0.309 e. The predicted octanol–water partition coefficient (Wildman–Crippen LogP) is 6.63. The highest BCUT2D eigenvalue weighted by atomic mass is 16.1. The Labute approximate surface area is 170 Å². The Hall–Kier alpha value is -3.65. The predicted molar refractivity (Wildman–Crippen MR) is 120 cm³/mol. The molecule has 0 spiro atoms. The molecular formula is C27H21NO. The van der Waals surface area contributed by atoms with E-state index in [9.17, 15) is 4.79 Å². The minimum absolute atomic E-state index is 0.0469. The van der Waals surface area contributed by atoms with Crippen LogP contribution in [0, 0.1) is 13.8 Å². The number of carbonyl (C=O) groups excluding carboxylic acids is 1. The summed E-state index contributed by atoms with van der Waals surface area (Å²) in [6.45, 7) is 4.25. The van der Waals surface area contributed by atoms with E-state index in [1.807, 2.05) is 54.6 Å². The van der Waals surface area contributed by atoms with Crippen molar-refractivity contribution in [2.24, 2.45) is 0 Å². The maximum absolute atomic E-state index is 12.7. The number of hydrogen-bond acceptors (Lipinski definition) is 1. The van der Waals surface area contributed by atoms with Crippen molar-refractivity contribution in [3.8, 4) is 5.69 Å². The Morgan fingerprint density at radius 3 is 1.69 bits per heavy atom. The number of hydrogen-bond donors (Lipinski definition) is 0. The van der Waals surface area contributed by atoms with Crippen molar-refractivity contribution >= 4 is 27.6 Å². The van der Waals surface area contributed by atoms with Crippen LogP contribution in [0.15, 0.2) is 91.0 Å². The summed E-state index contributed by atoms with van der Waals surface area (Å²) in [5.74, 6) is 0.0469. The molecule has 5 rings (SSSR count). The molecule has 1 aromatic heterocycles. The highest BCUT2D eigenvalue weighted by Crippen LogP contribution is 2.33. The van der Waals surface area contributed by atoms with E-state index in [-0.39, 0.29) is 5.78 Å². The van der Waals surface area contributed by atoms with Crippen molar-refractivity contribution in [3.05, 3.63) is 113 Å². The number of ketones is 1. The summed E-state index contributed by atoms with van der Waals surface area (Å²) in [5.41, 5.74) is 7.33. The summed E-state index contributed by atoms with van der Waals surface area (Å²) in [4.78, 5) is 12.7. The third kappa shape index (κ3) is 2.94. The molecule has 0 N–H and O–H groups in total. The molecule has 140 valence electrons. The molecule has 0 aliphatic heterocycles. The summed E-state index contributed by atoms with van der Waals surface area (Å²) < 4.78 is 2.28. The zero-order valence-electron chi connectivity index (χ0n) is 16.5. The monoisotopic (exact) mass is 375 g/mol. The van der Waals surface area contributed by atoms with Gasteiger partial charge in [-0.15, -0.1) is 0 Å². The fourth-order valence-electron chi connectivity index (χ4n) is 4.05. The van der Waals surface area contributed by atoms with Gasteiger partial charge in [0.05, 0.1) is 11.0 Å². The van der Waals surface area contributed by atoms with Crippen LogP contribution in [0.2, 0.25) is 0 Å². The first-order valence-electron chi connectivity index (χ1n) is 9.83. The van der Waals surface area contributed by atoms with Crippen LogP contribution in [-0.2, 0) is 0 Å². The molecule has 0 amide bonds. The molecular weight excluding hydrogens is 354 g/mol. The molecule has 0 bridgehead atoms. The van der Waals surface area contributed by atoms with Crippen LogP contribution in [-0.4, -0.2) is 10.4 Å². The molecule has 0 aliphatic carbocycles. The zero-order chi connectivity index (χ0) is 20.0. The smallest absolute Gasteiger partial charge is 0.193 e. The highest BCUT2D eigenvalue weighted by molar-refractivity contribution is 6.10. The van der Waals surface area contributed by atoms with Gasteiger partial charge in [-0.1, -0.05) is 53.6 Å². The molecule has 0 atom stereocenters. The van der Waals surface area contributed by atoms with Crippen molar-refractivity contribution in [3.63, 3.8) is 0 Å². The van der Waals surface area contributed by atoms with E-state index in [0.29, 0.717) is 11.1 Å². The molecule has 0 saturated carbocycles. The van der Waals surface area contributed by atoms with Gasteiger partial charge in [-0.05, 0) is 62.4 Å². The standard InChI is InChI=1S/C27H21NO/c1-18-8-14-25-23(16-18)24-17-19(2)9-15-26(24)28(25)22-12-10-21(11-13-22)27(29)20-6-4-3-5-7-20/h3-17H,1-2H3. The Morgan fingerprint density at radius 2 is 1.14 bits per heavy atom. The molecule has 2 nitrogen and oxygen atoms in total. The first-order valence-corrected chi connectivity index (χ1v) is 9.83. The Bertz CT molecular complexity index is 1300. The van der Waals surface area contributed by atoms with Crippen molar-refractivity contribution in [2.75, 3.05) is 0 Å². The lowest BCUT2D eigenvalue weighted by Crippen LogP contribution is -2.01. The maximum Gasteiger partial charge on any atom is 0.193 e. The fourth-order valence-corrected chi connectivity index (χ4v) is 4.05. The Morgan fingerprint density at radius 1 is 0.621 bits per heavy atom. The van der Waals surface area contributed by atoms with Crippen molar-refractivity contribution < 1.29 is 4.79 Å². The van der Waals surface area contributed by atoms with Gasteiger partial charge < -0.3 is 4.57 Å². The van der Waals surface area contributed by atoms with Gasteiger partial charge in [-0.2, -0.15) is 0 Å². The van der Waals surface area contributed by atoms with E-state index in [1.165, 1.54) is 32.9 Å². The molecule has 2 heteroatoms. The minimum atomic E-state index is 0.0469. The number of aryl methyl sites for hydroxylation is 2. The van der Waals surface area contributed by atoms with E-state index in [1.54, 1.807) is 0 Å². The number of benzene rings is 4. The molecule has 0 radical (unpaired) electrons. The quantitative estimate of drug-likeness (QED) is 0.324. The van der Waals surface area contributed by atoms with Gasteiger partial charge in [0.2, 0.25) is 0 Å². The van der Waals surface area contributed by atoms with Crippen LogP contribution >= 0.6 is 0 Å². The topological polar surface area (TPSA) is 22.0 Å². The van der Waals surface area contributed by atoms with Gasteiger partial charge in [-0.25, -0.2) is 0 Å². The van der Waals surface area contributed by atoms with Crippen LogP contribution in [0.25, 0.3) is 27.5 Å². The average Bonchev–Trinajstić information content (AvgIpc) is 3.07. The van der Waals surface area contributed by atoms with Gasteiger partial charge in [0.25, 0.3) is 0 Å². The largest absolute Gasteiger partial charge is 0.309 e. The summed E-state index contributed by atoms with van der Waals surface area (Å²) >= 11 is 0. The maximum atomic E-state index is 12.7. The lowest BCUT2D eigenvalue weighted by Gasteiger charge is -2.09. The van der Waals surface area contributed by atoms with Gasteiger partial charge in [0, 0.05) is 27.6 Å². The van der Waals surface area contributed by atoms with E-state index < -0.39 is 0 Å². The van der Waals surface area contributed by atoms with Crippen LogP contribution in [0.5, 0.6) is 0 Å². The molecule has 1 heterocycles. The zero-order valence-corrected chi connectivity index (χ0v) is 16.5. The number of rotatable bonds is 3. The van der Waals surface area contributed by atoms with Crippen molar-refractivity contribution in [2.45, 2.75) is 13.8 Å². The summed E-state index contributed by atoms with van der Waals surface area (Å²) in [5, 5.41) is 2.52. The summed E-state index contributed by atoms with van der Waals surface area (Å²) in [7, 11) is 0. The lowest BCUT2D eigenvalue weighted by atomic mass is 10.0. The Balaban J connectivity index is 1.67. The summed E-state index contributed by atoms with van der Waals surface area (Å²) in [6, 6.07) is 30.5. The van der Waals surface area contributed by atoms with Gasteiger partial charge in [0.15, 0.2) is 5.78 Å². The summed E-state index contributed by atoms with van der Waals surface area (Å²) in [6.07, 6.45) is 0. The fraction of sp³-hybridized carbons (Fsp3) is 0.0741. The van der Waals surface area contributed by atoms with Crippen LogP contribution < -0.4 is 0 Å². The SMILES string of the molecule is Cc1ccc2c(c1)c1cc(C)ccc1n2-c1ccc(C(=O)c2ccccc2)cc1. The first-order chi connectivity index (χ1) is 14.1. The number of aromatic nitrogens is 1. The van der Waals surface area contributed by atoms with Crippen LogP contribution in [0.3, 0.4) is 0 Å². The average molecular weight is 375 g/mol. The van der Waals surface area contributed by atoms with Crippen molar-refractivity contribution in [1.29, 1.82) is 0 Å².